The fraction of sp³-hybridized carbons (Fsp3) is 0.409. The van der Waals surface area contributed by atoms with E-state index < -0.39 is 0 Å². The number of aromatic nitrogens is 2. The summed E-state index contributed by atoms with van der Waals surface area (Å²) in [5.41, 5.74) is 7.18. The maximum atomic E-state index is 4.72. The van der Waals surface area contributed by atoms with Crippen LogP contribution in [0.25, 0.3) is 22.2 Å². The number of rotatable bonds is 1. The summed E-state index contributed by atoms with van der Waals surface area (Å²) in [5.74, 6) is 0.714. The zero-order chi connectivity index (χ0) is 15.9. The standard InChI is InChI=1S/C22H24N2/c1-2-8-16(9-3-1)21-18-10-4-5-13-20(18)24-15-7-12-19-17(22(21)24)11-6-14-23-19/h4-6,10-11,13-14,16H,1-3,7-9,12,15H2. The minimum atomic E-state index is 0.714. The molecule has 2 nitrogen and oxygen atoms in total. The van der Waals surface area contributed by atoms with E-state index in [-0.39, 0.29) is 0 Å². The molecule has 0 radical (unpaired) electrons. The van der Waals surface area contributed by atoms with Crippen molar-refractivity contribution in [1.29, 1.82) is 0 Å². The van der Waals surface area contributed by atoms with Gasteiger partial charge in [-0.25, -0.2) is 0 Å². The van der Waals surface area contributed by atoms with Crippen molar-refractivity contribution in [2.24, 2.45) is 0 Å². The van der Waals surface area contributed by atoms with Crippen molar-refractivity contribution >= 4 is 10.9 Å². The van der Waals surface area contributed by atoms with Gasteiger partial charge in [0.15, 0.2) is 0 Å². The average molecular weight is 316 g/mol. The highest BCUT2D eigenvalue weighted by Crippen LogP contribution is 2.45. The Morgan fingerprint density at radius 2 is 1.79 bits per heavy atom. The molecule has 122 valence electrons. The first-order valence-corrected chi connectivity index (χ1v) is 9.49. The highest BCUT2D eigenvalue weighted by atomic mass is 15.0. The third kappa shape index (κ3) is 2.12. The molecule has 0 bridgehead atoms. The maximum Gasteiger partial charge on any atom is 0.0545 e. The third-order valence-corrected chi connectivity index (χ3v) is 5.96. The van der Waals surface area contributed by atoms with E-state index in [9.17, 15) is 0 Å². The van der Waals surface area contributed by atoms with Crippen LogP contribution in [0.1, 0.15) is 55.7 Å². The van der Waals surface area contributed by atoms with E-state index in [1.54, 1.807) is 5.56 Å². The van der Waals surface area contributed by atoms with Gasteiger partial charge < -0.3 is 4.57 Å². The second-order valence-corrected chi connectivity index (χ2v) is 7.37. The second kappa shape index (κ2) is 5.77. The van der Waals surface area contributed by atoms with Gasteiger partial charge in [-0.1, -0.05) is 37.5 Å². The maximum absolute atomic E-state index is 4.72. The number of hydrogen-bond donors (Lipinski definition) is 0. The Hall–Kier alpha value is -2.09. The van der Waals surface area contributed by atoms with Crippen LogP contribution in [-0.4, -0.2) is 9.55 Å². The van der Waals surface area contributed by atoms with Crippen LogP contribution in [0, 0.1) is 0 Å². The molecule has 0 saturated heterocycles. The lowest BCUT2D eigenvalue weighted by molar-refractivity contribution is 0.445. The molecule has 1 fully saturated rings. The summed E-state index contributed by atoms with van der Waals surface area (Å²) in [4.78, 5) is 4.72. The number of benzene rings is 1. The smallest absolute Gasteiger partial charge is 0.0545 e. The minimum absolute atomic E-state index is 0.714. The molecular formula is C22H24N2. The molecule has 0 atom stereocenters. The normalized spacial score (nSPS) is 18.2. The SMILES string of the molecule is c1cnc2c(c1)-c1c(C3CCCCC3)c3ccccc3n1CCC2. The Kier molecular flexibility index (Phi) is 3.43. The van der Waals surface area contributed by atoms with E-state index >= 15 is 0 Å². The minimum Gasteiger partial charge on any atom is -0.340 e. The summed E-state index contributed by atoms with van der Waals surface area (Å²) in [7, 11) is 0. The summed E-state index contributed by atoms with van der Waals surface area (Å²) in [6.45, 7) is 1.11. The van der Waals surface area contributed by atoms with Crippen LogP contribution < -0.4 is 0 Å². The van der Waals surface area contributed by atoms with E-state index in [4.69, 9.17) is 4.98 Å². The van der Waals surface area contributed by atoms with Crippen molar-refractivity contribution in [2.45, 2.75) is 57.4 Å². The molecule has 1 aliphatic heterocycles. The summed E-state index contributed by atoms with van der Waals surface area (Å²) in [6.07, 6.45) is 11.1. The first-order chi connectivity index (χ1) is 11.9. The van der Waals surface area contributed by atoms with Crippen LogP contribution >= 0.6 is 0 Å². The van der Waals surface area contributed by atoms with Gasteiger partial charge in [0, 0.05) is 34.9 Å². The summed E-state index contributed by atoms with van der Waals surface area (Å²) in [5, 5.41) is 1.48. The predicted molar refractivity (Wildman–Crippen MR) is 99.3 cm³/mol. The molecule has 0 unspecified atom stereocenters. The van der Waals surface area contributed by atoms with Crippen molar-refractivity contribution in [3.63, 3.8) is 0 Å². The van der Waals surface area contributed by atoms with Gasteiger partial charge in [-0.3, -0.25) is 4.98 Å². The number of hydrogen-bond acceptors (Lipinski definition) is 1. The molecule has 5 rings (SSSR count). The molecule has 2 aromatic heterocycles. The fourth-order valence-electron chi connectivity index (χ4n) is 4.91. The molecule has 24 heavy (non-hydrogen) atoms. The van der Waals surface area contributed by atoms with Crippen molar-refractivity contribution in [3.05, 3.63) is 53.9 Å². The van der Waals surface area contributed by atoms with Gasteiger partial charge in [0.05, 0.1) is 5.69 Å². The Balaban J connectivity index is 1.84. The van der Waals surface area contributed by atoms with Gasteiger partial charge in [-0.15, -0.1) is 0 Å². The van der Waals surface area contributed by atoms with Crippen LogP contribution in [0.3, 0.4) is 0 Å². The molecule has 2 aliphatic rings. The van der Waals surface area contributed by atoms with E-state index in [0.717, 1.165) is 13.0 Å². The Labute approximate surface area is 143 Å². The van der Waals surface area contributed by atoms with Crippen LogP contribution in [0.15, 0.2) is 42.6 Å². The Morgan fingerprint density at radius 3 is 2.71 bits per heavy atom. The molecule has 3 aromatic rings. The summed E-state index contributed by atoms with van der Waals surface area (Å²) < 4.78 is 2.59. The molecule has 0 amide bonds. The number of aryl methyl sites for hydroxylation is 2. The molecule has 1 aliphatic carbocycles. The number of para-hydroxylation sites is 1. The van der Waals surface area contributed by atoms with Crippen molar-refractivity contribution in [3.8, 4) is 11.3 Å². The first kappa shape index (κ1) is 14.3. The lowest BCUT2D eigenvalue weighted by Crippen LogP contribution is -2.07. The van der Waals surface area contributed by atoms with Gasteiger partial charge in [0.1, 0.15) is 0 Å². The van der Waals surface area contributed by atoms with Crippen LogP contribution in [0.4, 0.5) is 0 Å². The van der Waals surface area contributed by atoms with Crippen molar-refractivity contribution in [2.75, 3.05) is 0 Å². The number of nitrogens with zero attached hydrogens (tertiary/aromatic N) is 2. The molecule has 3 heterocycles. The zero-order valence-corrected chi connectivity index (χ0v) is 14.2. The van der Waals surface area contributed by atoms with Crippen LogP contribution in [0.2, 0.25) is 0 Å². The average Bonchev–Trinajstić information content (AvgIpc) is 2.85. The van der Waals surface area contributed by atoms with E-state index in [2.05, 4.69) is 41.0 Å². The molecule has 1 saturated carbocycles. The van der Waals surface area contributed by atoms with E-state index in [1.807, 2.05) is 6.20 Å². The van der Waals surface area contributed by atoms with Gasteiger partial charge in [0.25, 0.3) is 0 Å². The third-order valence-electron chi connectivity index (χ3n) is 5.96. The molecule has 2 heteroatoms. The summed E-state index contributed by atoms with van der Waals surface area (Å²) >= 11 is 0. The fourth-order valence-corrected chi connectivity index (χ4v) is 4.91. The quantitative estimate of drug-likeness (QED) is 0.563. The summed E-state index contributed by atoms with van der Waals surface area (Å²) in [6, 6.07) is 13.5. The highest BCUT2D eigenvalue weighted by Gasteiger charge is 2.28. The van der Waals surface area contributed by atoms with Gasteiger partial charge >= 0.3 is 0 Å². The van der Waals surface area contributed by atoms with Crippen molar-refractivity contribution < 1.29 is 0 Å². The lowest BCUT2D eigenvalue weighted by atomic mass is 9.81. The molecular weight excluding hydrogens is 292 g/mol. The molecule has 0 spiro atoms. The topological polar surface area (TPSA) is 17.8 Å². The Morgan fingerprint density at radius 1 is 0.917 bits per heavy atom. The van der Waals surface area contributed by atoms with Gasteiger partial charge in [0.2, 0.25) is 0 Å². The highest BCUT2D eigenvalue weighted by molar-refractivity contribution is 5.93. The lowest BCUT2D eigenvalue weighted by Gasteiger charge is -2.23. The number of fused-ring (bicyclic) bond motifs is 5. The van der Waals surface area contributed by atoms with Crippen LogP contribution in [0.5, 0.6) is 0 Å². The Bertz CT molecular complexity index is 884. The van der Waals surface area contributed by atoms with E-state index in [0.29, 0.717) is 5.92 Å². The molecule has 1 aromatic carbocycles. The first-order valence-electron chi connectivity index (χ1n) is 9.49. The monoisotopic (exact) mass is 316 g/mol. The largest absolute Gasteiger partial charge is 0.340 e. The number of pyridine rings is 1. The predicted octanol–water partition coefficient (Wildman–Crippen LogP) is 5.70. The van der Waals surface area contributed by atoms with Gasteiger partial charge in [-0.05, 0) is 55.4 Å². The second-order valence-electron chi connectivity index (χ2n) is 7.37. The zero-order valence-electron chi connectivity index (χ0n) is 14.2. The van der Waals surface area contributed by atoms with E-state index in [1.165, 1.54) is 66.4 Å². The van der Waals surface area contributed by atoms with Crippen LogP contribution in [-0.2, 0) is 13.0 Å². The van der Waals surface area contributed by atoms with Crippen molar-refractivity contribution in [1.82, 2.24) is 9.55 Å². The van der Waals surface area contributed by atoms with Gasteiger partial charge in [-0.2, -0.15) is 0 Å². The molecule has 0 N–H and O–H groups in total.